The lowest BCUT2D eigenvalue weighted by Crippen LogP contribution is -2.50. The first-order valence-electron chi connectivity index (χ1n) is 16.4. The Balaban J connectivity index is 0. The Morgan fingerprint density at radius 3 is 1.03 bits per heavy atom. The summed E-state index contributed by atoms with van der Waals surface area (Å²) in [6, 6.07) is 0. The molecule has 2 nitrogen and oxygen atoms in total. The van der Waals surface area contributed by atoms with E-state index in [4.69, 9.17) is 5.73 Å². The van der Waals surface area contributed by atoms with Gasteiger partial charge >= 0.3 is 0 Å². The molecule has 0 fully saturated rings. The molecule has 0 bridgehead atoms. The molecule has 0 amide bonds. The van der Waals surface area contributed by atoms with Gasteiger partial charge in [-0.1, -0.05) is 131 Å². The Bertz CT molecular complexity index is 369. The van der Waals surface area contributed by atoms with Crippen LogP contribution in [0.15, 0.2) is 0 Å². The van der Waals surface area contributed by atoms with Gasteiger partial charge in [0.1, 0.15) is 0 Å². The molecule has 0 aromatic carbocycles. The normalized spacial score (nSPS) is 12.9. The number of nitrogens with two attached hydrogens (primary N) is 1. The minimum absolute atomic E-state index is 0.00343. The molecule has 0 aliphatic heterocycles. The highest BCUT2D eigenvalue weighted by Gasteiger charge is 2.22. The summed E-state index contributed by atoms with van der Waals surface area (Å²) in [5, 5.41) is 0. The highest BCUT2D eigenvalue weighted by molar-refractivity contribution is 4.78. The Morgan fingerprint density at radius 2 is 0.771 bits per heavy atom. The van der Waals surface area contributed by atoms with Crippen LogP contribution >= 0.6 is 0 Å². The van der Waals surface area contributed by atoms with Crippen molar-refractivity contribution < 1.29 is 4.48 Å². The van der Waals surface area contributed by atoms with Gasteiger partial charge in [0.2, 0.25) is 0 Å². The predicted octanol–water partition coefficient (Wildman–Crippen LogP) is 10.7. The summed E-state index contributed by atoms with van der Waals surface area (Å²) >= 11 is 0. The van der Waals surface area contributed by atoms with Gasteiger partial charge in [0.05, 0.1) is 26.2 Å². The molecule has 1 atom stereocenters. The van der Waals surface area contributed by atoms with E-state index in [1.165, 1.54) is 153 Å². The van der Waals surface area contributed by atoms with Crippen molar-refractivity contribution in [2.45, 2.75) is 183 Å². The second-order valence-corrected chi connectivity index (χ2v) is 12.3. The van der Waals surface area contributed by atoms with Gasteiger partial charge in [0, 0.05) is 5.54 Å². The van der Waals surface area contributed by atoms with E-state index in [0.29, 0.717) is 5.92 Å². The molecule has 0 saturated heterocycles. The minimum atomic E-state index is -0.00343. The minimum Gasteiger partial charge on any atom is -0.325 e. The molecule has 2 heteroatoms. The summed E-state index contributed by atoms with van der Waals surface area (Å²) in [6.45, 7) is 23.7. The Labute approximate surface area is 225 Å². The zero-order chi connectivity index (χ0) is 26.8. The number of hydrogen-bond donors (Lipinski definition) is 1. The van der Waals surface area contributed by atoms with E-state index in [9.17, 15) is 0 Å². The molecule has 0 spiro atoms. The maximum absolute atomic E-state index is 6.13. The summed E-state index contributed by atoms with van der Waals surface area (Å²) in [6.07, 6.45) is 26.7. The average molecular weight is 498 g/mol. The lowest BCUT2D eigenvalue weighted by atomic mass is 9.86. The van der Waals surface area contributed by atoms with E-state index >= 15 is 0 Å². The van der Waals surface area contributed by atoms with Gasteiger partial charge in [-0.15, -0.1) is 0 Å². The molecule has 0 aromatic rings. The van der Waals surface area contributed by atoms with Crippen LogP contribution < -0.4 is 5.73 Å². The van der Waals surface area contributed by atoms with Crippen molar-refractivity contribution in [1.29, 1.82) is 0 Å². The molecule has 35 heavy (non-hydrogen) atoms. The molecule has 0 aliphatic carbocycles. The fraction of sp³-hybridized carbons (Fsp3) is 1.00. The van der Waals surface area contributed by atoms with Crippen LogP contribution in [0.3, 0.4) is 0 Å². The lowest BCUT2D eigenvalue weighted by Gasteiger charge is -2.38. The third kappa shape index (κ3) is 24.0. The molecular formula is C33H73N2+. The van der Waals surface area contributed by atoms with Crippen LogP contribution in [0.5, 0.6) is 0 Å². The maximum Gasteiger partial charge on any atom is 0.0783 e. The van der Waals surface area contributed by atoms with E-state index in [1.54, 1.807) is 0 Å². The summed E-state index contributed by atoms with van der Waals surface area (Å²) in [5.74, 6) is 0.643. The van der Waals surface area contributed by atoms with Crippen LogP contribution in [0.4, 0.5) is 0 Å². The van der Waals surface area contributed by atoms with E-state index in [2.05, 4.69) is 55.4 Å². The second-order valence-electron chi connectivity index (χ2n) is 12.3. The fourth-order valence-corrected chi connectivity index (χ4v) is 5.59. The topological polar surface area (TPSA) is 26.0 Å². The standard InChI is InChI=1S/C21H45N.C12H28N/c1-5-6-7-8-9-10-11-12-13-14-15-16-17-18-19-20(2)21(3,4)22;1-5-9-13(10-6-2,11-7-3)12-8-4/h20H,5-19,22H2,1-4H3;5-12H2,1-4H3/q;+1. The Hall–Kier alpha value is -0.0800. The summed E-state index contributed by atoms with van der Waals surface area (Å²) in [7, 11) is 0. The van der Waals surface area contributed by atoms with Crippen molar-refractivity contribution in [3.8, 4) is 0 Å². The van der Waals surface area contributed by atoms with Crippen LogP contribution in [-0.4, -0.2) is 36.2 Å². The Morgan fingerprint density at radius 1 is 0.486 bits per heavy atom. The largest absolute Gasteiger partial charge is 0.325 e. The van der Waals surface area contributed by atoms with Gasteiger partial charge < -0.3 is 10.2 Å². The molecule has 2 N–H and O–H groups in total. The van der Waals surface area contributed by atoms with Gasteiger partial charge in [-0.05, 0) is 51.9 Å². The summed E-state index contributed by atoms with van der Waals surface area (Å²) in [5.41, 5.74) is 6.13. The number of quaternary nitrogens is 1. The van der Waals surface area contributed by atoms with Crippen molar-refractivity contribution in [2.24, 2.45) is 11.7 Å². The molecule has 0 rings (SSSR count). The molecule has 0 radical (unpaired) electrons. The monoisotopic (exact) mass is 498 g/mol. The maximum atomic E-state index is 6.13. The van der Waals surface area contributed by atoms with E-state index in [0.717, 1.165) is 0 Å². The highest BCUT2D eigenvalue weighted by Crippen LogP contribution is 2.20. The molecule has 0 aliphatic rings. The third-order valence-corrected chi connectivity index (χ3v) is 8.05. The number of unbranched alkanes of at least 4 members (excludes halogenated alkanes) is 13. The predicted molar refractivity (Wildman–Crippen MR) is 163 cm³/mol. The molecule has 214 valence electrons. The number of hydrogen-bond acceptors (Lipinski definition) is 1. The van der Waals surface area contributed by atoms with Gasteiger partial charge in [0.15, 0.2) is 0 Å². The molecule has 0 heterocycles. The van der Waals surface area contributed by atoms with E-state index in [-0.39, 0.29) is 5.54 Å². The van der Waals surface area contributed by atoms with Crippen LogP contribution in [0.2, 0.25) is 0 Å². The summed E-state index contributed by atoms with van der Waals surface area (Å²) in [4.78, 5) is 0. The van der Waals surface area contributed by atoms with Crippen molar-refractivity contribution in [2.75, 3.05) is 26.2 Å². The average Bonchev–Trinajstić information content (AvgIpc) is 2.79. The quantitative estimate of drug-likeness (QED) is 0.104. The smallest absolute Gasteiger partial charge is 0.0783 e. The highest BCUT2D eigenvalue weighted by atomic mass is 15.3. The zero-order valence-electron chi connectivity index (χ0n) is 26.4. The number of rotatable bonds is 24. The first-order chi connectivity index (χ1) is 16.7. The first kappa shape index (κ1) is 37.1. The van der Waals surface area contributed by atoms with E-state index < -0.39 is 0 Å². The molecule has 0 saturated carbocycles. The van der Waals surface area contributed by atoms with Crippen molar-refractivity contribution in [3.63, 3.8) is 0 Å². The van der Waals surface area contributed by atoms with Crippen molar-refractivity contribution in [3.05, 3.63) is 0 Å². The van der Waals surface area contributed by atoms with Crippen LogP contribution in [-0.2, 0) is 0 Å². The molecule has 1 unspecified atom stereocenters. The van der Waals surface area contributed by atoms with E-state index in [1.807, 2.05) is 0 Å². The Kier molecular flexibility index (Phi) is 27.1. The number of nitrogens with zero attached hydrogens (tertiary/aromatic N) is 1. The molecular weight excluding hydrogens is 424 g/mol. The molecule has 0 aromatic heterocycles. The third-order valence-electron chi connectivity index (χ3n) is 8.05. The first-order valence-corrected chi connectivity index (χ1v) is 16.4. The SMILES string of the molecule is CCCCCCCCCCCCCCCCC(C)C(C)(C)N.CCC[N+](CCC)(CCC)CCC. The van der Waals surface area contributed by atoms with Gasteiger partial charge in [-0.3, -0.25) is 0 Å². The van der Waals surface area contributed by atoms with Crippen LogP contribution in [0, 0.1) is 5.92 Å². The van der Waals surface area contributed by atoms with Gasteiger partial charge in [-0.25, -0.2) is 0 Å². The zero-order valence-corrected chi connectivity index (χ0v) is 26.4. The van der Waals surface area contributed by atoms with Crippen molar-refractivity contribution in [1.82, 2.24) is 0 Å². The van der Waals surface area contributed by atoms with Crippen LogP contribution in [0.1, 0.15) is 177 Å². The van der Waals surface area contributed by atoms with Crippen LogP contribution in [0.25, 0.3) is 0 Å². The fourth-order valence-electron chi connectivity index (χ4n) is 5.59. The van der Waals surface area contributed by atoms with Crippen molar-refractivity contribution >= 4 is 0 Å². The second kappa shape index (κ2) is 25.6. The van der Waals surface area contributed by atoms with Gasteiger partial charge in [-0.2, -0.15) is 0 Å². The lowest BCUT2D eigenvalue weighted by molar-refractivity contribution is -0.928. The summed E-state index contributed by atoms with van der Waals surface area (Å²) < 4.78 is 1.38. The van der Waals surface area contributed by atoms with Gasteiger partial charge in [0.25, 0.3) is 0 Å².